The molecule has 4 N–H and O–H groups in total. The van der Waals surface area contributed by atoms with Crippen LogP contribution in [0.3, 0.4) is 0 Å². The number of hydrogen-bond acceptors (Lipinski definition) is 5. The third-order valence-electron chi connectivity index (χ3n) is 1.25. The van der Waals surface area contributed by atoms with Crippen molar-refractivity contribution in [2.45, 2.75) is 0 Å². The minimum atomic E-state index is -5.29. The summed E-state index contributed by atoms with van der Waals surface area (Å²) in [5.41, 5.74) is 0. The normalized spacial score (nSPS) is 15.9. The van der Waals surface area contributed by atoms with Crippen LogP contribution in [0.15, 0.2) is 0 Å². The van der Waals surface area contributed by atoms with Crippen molar-refractivity contribution < 1.29 is 21.2 Å². The lowest BCUT2D eigenvalue weighted by molar-refractivity contribution is 0.408. The topological polar surface area (TPSA) is 108 Å². The SMILES string of the molecule is CNC(=S)S(=O)(O)(OS(=O)O)C(=S)NC. The van der Waals surface area contributed by atoms with Crippen molar-refractivity contribution in [2.24, 2.45) is 0 Å². The van der Waals surface area contributed by atoms with Gasteiger partial charge in [-0.15, -0.1) is 0 Å². The standard InChI is InChI=1S/C4H10N2O5S4/c1-5-3(12)15(9,10,4(13)6-2)11-14(7)8/h1-2H3,(H,5,12)(H,6,13)(H,7,8)(H,9,10). The third kappa shape index (κ3) is 2.96. The second kappa shape index (κ2) is 4.86. The molecule has 0 aromatic heterocycles. The summed E-state index contributed by atoms with van der Waals surface area (Å²) < 4.78 is 43.4. The molecule has 0 saturated carbocycles. The van der Waals surface area contributed by atoms with E-state index >= 15 is 0 Å². The number of thiocarbonyl (C=S) groups is 2. The lowest BCUT2D eigenvalue weighted by atomic mass is 11.2. The predicted octanol–water partition coefficient (Wildman–Crippen LogP) is -0.644. The van der Waals surface area contributed by atoms with E-state index in [9.17, 15) is 13.0 Å². The summed E-state index contributed by atoms with van der Waals surface area (Å²) in [4.78, 5) is 0. The van der Waals surface area contributed by atoms with Crippen LogP contribution < -0.4 is 10.6 Å². The van der Waals surface area contributed by atoms with Gasteiger partial charge < -0.3 is 10.6 Å². The molecule has 0 fully saturated rings. The molecule has 1 atom stereocenters. The molecule has 90 valence electrons. The summed E-state index contributed by atoms with van der Waals surface area (Å²) in [6.45, 7) is 0. The Morgan fingerprint density at radius 1 is 1.33 bits per heavy atom. The zero-order valence-electron chi connectivity index (χ0n) is 7.75. The first kappa shape index (κ1) is 15.0. The average molecular weight is 294 g/mol. The van der Waals surface area contributed by atoms with Gasteiger partial charge in [-0.1, -0.05) is 0 Å². The molecule has 0 saturated heterocycles. The van der Waals surface area contributed by atoms with Crippen molar-refractivity contribution >= 4 is 54.1 Å². The highest BCUT2D eigenvalue weighted by Crippen LogP contribution is 2.26. The minimum absolute atomic E-state index is 0.672. The van der Waals surface area contributed by atoms with Crippen molar-refractivity contribution in [3.63, 3.8) is 0 Å². The smallest absolute Gasteiger partial charge is 0.316 e. The van der Waals surface area contributed by atoms with Crippen LogP contribution in [0, 0.1) is 0 Å². The highest BCUT2D eigenvalue weighted by atomic mass is 32.4. The van der Waals surface area contributed by atoms with Crippen LogP contribution >= 0.6 is 24.4 Å². The fraction of sp³-hybridized carbons (Fsp3) is 0.500. The van der Waals surface area contributed by atoms with Gasteiger partial charge in [-0.05, 0) is 24.4 Å². The molecule has 0 heterocycles. The molecule has 0 aliphatic carbocycles. The summed E-state index contributed by atoms with van der Waals surface area (Å²) >= 11 is 6.09. The monoisotopic (exact) mass is 294 g/mol. The van der Waals surface area contributed by atoms with Crippen LogP contribution in [0.5, 0.6) is 0 Å². The van der Waals surface area contributed by atoms with E-state index < -0.39 is 29.6 Å². The van der Waals surface area contributed by atoms with Crippen molar-refractivity contribution in [1.82, 2.24) is 10.6 Å². The molecule has 7 nitrogen and oxygen atoms in total. The van der Waals surface area contributed by atoms with E-state index in [1.165, 1.54) is 14.1 Å². The zero-order chi connectivity index (χ0) is 12.3. The Kier molecular flexibility index (Phi) is 4.85. The fourth-order valence-electron chi connectivity index (χ4n) is 0.614. The highest BCUT2D eigenvalue weighted by molar-refractivity contribution is 8.46. The second-order valence-electron chi connectivity index (χ2n) is 2.20. The largest absolute Gasteiger partial charge is 0.369 e. The Morgan fingerprint density at radius 2 is 1.67 bits per heavy atom. The third-order valence-corrected chi connectivity index (χ3v) is 6.61. The first-order valence-electron chi connectivity index (χ1n) is 3.35. The molecule has 1 unspecified atom stereocenters. The fourth-order valence-corrected chi connectivity index (χ4v) is 4.02. The molecule has 15 heavy (non-hydrogen) atoms. The molecule has 0 spiro atoms. The summed E-state index contributed by atoms with van der Waals surface area (Å²) in [6, 6.07) is 0. The molecule has 0 aliphatic rings. The zero-order valence-corrected chi connectivity index (χ0v) is 11.0. The van der Waals surface area contributed by atoms with E-state index in [1.54, 1.807) is 0 Å². The van der Waals surface area contributed by atoms with Crippen LogP contribution in [-0.2, 0) is 24.6 Å². The number of rotatable bonds is 2. The molecule has 0 aliphatic heterocycles. The van der Waals surface area contributed by atoms with Gasteiger partial charge in [0, 0.05) is 14.1 Å². The van der Waals surface area contributed by atoms with Crippen LogP contribution in [0.25, 0.3) is 0 Å². The predicted molar refractivity (Wildman–Crippen MR) is 65.9 cm³/mol. The average Bonchev–Trinajstić information content (AvgIpc) is 2.13. The maximum Gasteiger partial charge on any atom is 0.316 e. The van der Waals surface area contributed by atoms with Gasteiger partial charge in [0.15, 0.2) is 8.64 Å². The van der Waals surface area contributed by atoms with Gasteiger partial charge in [0.05, 0.1) is 0 Å². The van der Waals surface area contributed by atoms with Gasteiger partial charge in [-0.25, -0.2) is 4.21 Å². The first-order chi connectivity index (χ1) is 6.68. The van der Waals surface area contributed by atoms with E-state index in [1.807, 2.05) is 0 Å². The Balaban J connectivity index is 5.56. The van der Waals surface area contributed by atoms with E-state index in [0.717, 1.165) is 0 Å². The van der Waals surface area contributed by atoms with Crippen LogP contribution in [0.4, 0.5) is 0 Å². The van der Waals surface area contributed by atoms with Gasteiger partial charge in [0.25, 0.3) is 0 Å². The molecule has 0 aromatic rings. The lowest BCUT2D eigenvalue weighted by Gasteiger charge is -2.33. The summed E-state index contributed by atoms with van der Waals surface area (Å²) in [5, 5.41) is 4.37. The van der Waals surface area contributed by atoms with Gasteiger partial charge in [-0.3, -0.25) is 9.11 Å². The lowest BCUT2D eigenvalue weighted by Crippen LogP contribution is -2.56. The molecule has 11 heteroatoms. The van der Waals surface area contributed by atoms with E-state index in [-0.39, 0.29) is 0 Å². The summed E-state index contributed by atoms with van der Waals surface area (Å²) in [5.74, 6) is 0. The molecular formula is C4H10N2O5S4. The van der Waals surface area contributed by atoms with E-state index in [4.69, 9.17) is 4.55 Å². The molecule has 0 rings (SSSR count). The maximum absolute atomic E-state index is 12.0. The molecule has 0 aromatic carbocycles. The summed E-state index contributed by atoms with van der Waals surface area (Å²) in [6.07, 6.45) is 0. The van der Waals surface area contributed by atoms with Gasteiger partial charge >= 0.3 is 11.4 Å². The van der Waals surface area contributed by atoms with Crippen molar-refractivity contribution in [3.05, 3.63) is 0 Å². The summed E-state index contributed by atoms with van der Waals surface area (Å²) in [7, 11) is -2.77. The minimum Gasteiger partial charge on any atom is -0.369 e. The molecule has 0 bridgehead atoms. The van der Waals surface area contributed by atoms with E-state index in [0.29, 0.717) is 0 Å². The van der Waals surface area contributed by atoms with Crippen LogP contribution in [-0.4, -0.2) is 40.3 Å². The quantitative estimate of drug-likeness (QED) is 0.390. The highest BCUT2D eigenvalue weighted by Gasteiger charge is 2.47. The van der Waals surface area contributed by atoms with Crippen molar-refractivity contribution in [2.75, 3.05) is 14.1 Å². The van der Waals surface area contributed by atoms with Crippen molar-refractivity contribution in [3.8, 4) is 0 Å². The number of nitrogens with one attached hydrogen (secondary N) is 2. The first-order valence-corrected chi connectivity index (χ1v) is 7.04. The van der Waals surface area contributed by atoms with Gasteiger partial charge in [0.1, 0.15) is 0 Å². The molecular weight excluding hydrogens is 284 g/mol. The Hall–Kier alpha value is -0.0400. The maximum atomic E-state index is 12.0. The van der Waals surface area contributed by atoms with Crippen molar-refractivity contribution in [1.29, 1.82) is 0 Å². The Labute approximate surface area is 99.9 Å². The molecule has 0 amide bonds. The van der Waals surface area contributed by atoms with Crippen LogP contribution in [0.1, 0.15) is 0 Å². The van der Waals surface area contributed by atoms with Crippen LogP contribution in [0.2, 0.25) is 0 Å². The van der Waals surface area contributed by atoms with Gasteiger partial charge in [0.2, 0.25) is 9.63 Å². The Morgan fingerprint density at radius 3 is 1.87 bits per heavy atom. The number of hydrogen-bond donors (Lipinski definition) is 4. The molecule has 0 radical (unpaired) electrons. The van der Waals surface area contributed by atoms with E-state index in [2.05, 4.69) is 38.7 Å². The second-order valence-corrected chi connectivity index (χ2v) is 6.99. The Bertz CT molecular complexity index is 359. The van der Waals surface area contributed by atoms with Gasteiger partial charge in [-0.2, -0.15) is 7.84 Å².